The van der Waals surface area contributed by atoms with E-state index in [4.69, 9.17) is 28.4 Å². The average Bonchev–Trinajstić information content (AvgIpc) is 3.29. The molecule has 2 heterocycles. The van der Waals surface area contributed by atoms with Crippen molar-refractivity contribution < 1.29 is 38.0 Å². The van der Waals surface area contributed by atoms with Crippen LogP contribution in [0.5, 0.6) is 23.0 Å². The van der Waals surface area contributed by atoms with Crippen molar-refractivity contribution in [1.82, 2.24) is 4.40 Å². The summed E-state index contributed by atoms with van der Waals surface area (Å²) in [6.45, 7) is 0. The van der Waals surface area contributed by atoms with Crippen molar-refractivity contribution in [2.45, 2.75) is 0 Å². The Hall–Kier alpha value is -4.66. The van der Waals surface area contributed by atoms with E-state index >= 15 is 0 Å². The monoisotopic (exact) mass is 505 g/mol. The molecule has 0 bridgehead atoms. The van der Waals surface area contributed by atoms with Gasteiger partial charge in [0.25, 0.3) is 0 Å². The predicted molar refractivity (Wildman–Crippen MR) is 137 cm³/mol. The molecule has 0 spiro atoms. The summed E-state index contributed by atoms with van der Waals surface area (Å²) in [6, 6.07) is 14.4. The Kier molecular flexibility index (Phi) is 7.24. The van der Waals surface area contributed by atoms with E-state index in [1.165, 1.54) is 35.5 Å². The van der Waals surface area contributed by atoms with Gasteiger partial charge in [0.2, 0.25) is 5.75 Å². The highest BCUT2D eigenvalue weighted by molar-refractivity contribution is 6.08. The minimum atomic E-state index is -0.597. The second-order valence-corrected chi connectivity index (χ2v) is 7.90. The molecule has 0 aliphatic heterocycles. The van der Waals surface area contributed by atoms with E-state index in [-0.39, 0.29) is 11.3 Å². The molecular formula is C28H27NO8. The Morgan fingerprint density at radius 3 is 1.78 bits per heavy atom. The molecular weight excluding hydrogens is 478 g/mol. The zero-order valence-electron chi connectivity index (χ0n) is 21.4. The first-order valence-corrected chi connectivity index (χ1v) is 11.2. The van der Waals surface area contributed by atoms with Crippen LogP contribution < -0.4 is 18.9 Å². The molecule has 4 rings (SSSR count). The number of ether oxygens (including phenoxy) is 6. The normalized spacial score (nSPS) is 10.6. The number of rotatable bonds is 8. The van der Waals surface area contributed by atoms with Crippen LogP contribution in [0.25, 0.3) is 27.8 Å². The van der Waals surface area contributed by atoms with Crippen molar-refractivity contribution in [2.75, 3.05) is 42.7 Å². The zero-order chi connectivity index (χ0) is 26.7. The Balaban J connectivity index is 2.18. The SMILES string of the molecule is COC(=O)c1ccc2c(-c3ccc(OC)cc3)c(-c3cc(OC)c(OC)c(OC)c3)c(C(=O)OC)n2c1. The van der Waals surface area contributed by atoms with Gasteiger partial charge in [0.1, 0.15) is 11.4 Å². The zero-order valence-corrected chi connectivity index (χ0v) is 21.4. The van der Waals surface area contributed by atoms with Gasteiger partial charge in [-0.25, -0.2) is 9.59 Å². The van der Waals surface area contributed by atoms with Gasteiger partial charge in [-0.1, -0.05) is 12.1 Å². The van der Waals surface area contributed by atoms with Gasteiger partial charge in [-0.2, -0.15) is 0 Å². The fraction of sp³-hybridized carbons (Fsp3) is 0.214. The Labute approximate surface area is 214 Å². The fourth-order valence-corrected chi connectivity index (χ4v) is 4.35. The first-order valence-electron chi connectivity index (χ1n) is 11.2. The van der Waals surface area contributed by atoms with Gasteiger partial charge in [0.05, 0.1) is 53.7 Å². The first-order chi connectivity index (χ1) is 17.9. The lowest BCUT2D eigenvalue weighted by molar-refractivity contribution is 0.0583. The Bertz CT molecular complexity index is 1450. The standard InChI is InChI=1S/C28H27NO8/c1-32-19-10-7-16(8-11-19)23-20-12-9-17(27(30)36-5)15-29(20)25(28(31)37-6)24(23)18-13-21(33-2)26(35-4)22(14-18)34-3/h7-15H,1-6H3. The summed E-state index contributed by atoms with van der Waals surface area (Å²) in [5, 5.41) is 0. The molecule has 0 saturated heterocycles. The third-order valence-corrected chi connectivity index (χ3v) is 6.06. The third-order valence-electron chi connectivity index (χ3n) is 6.06. The van der Waals surface area contributed by atoms with Crippen LogP contribution >= 0.6 is 0 Å². The summed E-state index contributed by atoms with van der Waals surface area (Å²) in [7, 11) is 8.75. The number of hydrogen-bond acceptors (Lipinski definition) is 8. The van der Waals surface area contributed by atoms with Crippen LogP contribution in [-0.4, -0.2) is 59.0 Å². The second-order valence-electron chi connectivity index (χ2n) is 7.90. The summed E-state index contributed by atoms with van der Waals surface area (Å²) in [5.41, 5.74) is 3.86. The van der Waals surface area contributed by atoms with Gasteiger partial charge < -0.3 is 32.8 Å². The minimum absolute atomic E-state index is 0.211. The highest BCUT2D eigenvalue weighted by Crippen LogP contribution is 2.47. The van der Waals surface area contributed by atoms with Crippen LogP contribution in [0.3, 0.4) is 0 Å². The molecule has 0 atom stereocenters. The Morgan fingerprint density at radius 2 is 1.27 bits per heavy atom. The topological polar surface area (TPSA) is 93.9 Å². The molecule has 0 fully saturated rings. The fourth-order valence-electron chi connectivity index (χ4n) is 4.35. The van der Waals surface area contributed by atoms with Crippen LogP contribution in [0.1, 0.15) is 20.8 Å². The molecule has 0 saturated carbocycles. The van der Waals surface area contributed by atoms with Crippen molar-refractivity contribution in [3.63, 3.8) is 0 Å². The summed E-state index contributed by atoms with van der Waals surface area (Å²) >= 11 is 0. The molecule has 37 heavy (non-hydrogen) atoms. The minimum Gasteiger partial charge on any atom is -0.497 e. The average molecular weight is 506 g/mol. The third kappa shape index (κ3) is 4.40. The van der Waals surface area contributed by atoms with Crippen molar-refractivity contribution in [3.05, 3.63) is 66.0 Å². The molecule has 2 aromatic carbocycles. The highest BCUT2D eigenvalue weighted by atomic mass is 16.5. The first kappa shape index (κ1) is 25.4. The van der Waals surface area contributed by atoms with E-state index in [9.17, 15) is 9.59 Å². The number of esters is 2. The summed E-state index contributed by atoms with van der Waals surface area (Å²) in [5.74, 6) is 0.795. The molecule has 0 amide bonds. The molecule has 0 N–H and O–H groups in total. The van der Waals surface area contributed by atoms with Crippen molar-refractivity contribution >= 4 is 17.5 Å². The van der Waals surface area contributed by atoms with Crippen LogP contribution in [0.4, 0.5) is 0 Å². The van der Waals surface area contributed by atoms with E-state index in [1.54, 1.807) is 42.0 Å². The molecule has 0 unspecified atom stereocenters. The predicted octanol–water partition coefficient (Wildman–Crippen LogP) is 4.88. The number of carbonyl (C=O) groups is 2. The van der Waals surface area contributed by atoms with E-state index in [0.717, 1.165) is 11.1 Å². The quantitative estimate of drug-likeness (QED) is 0.313. The van der Waals surface area contributed by atoms with Gasteiger partial charge in [0, 0.05) is 17.3 Å². The Morgan fingerprint density at radius 1 is 0.649 bits per heavy atom. The molecule has 0 radical (unpaired) electrons. The summed E-state index contributed by atoms with van der Waals surface area (Å²) < 4.78 is 33.7. The van der Waals surface area contributed by atoms with E-state index in [1.807, 2.05) is 24.3 Å². The van der Waals surface area contributed by atoms with Crippen molar-refractivity contribution in [1.29, 1.82) is 0 Å². The van der Waals surface area contributed by atoms with Crippen molar-refractivity contribution in [3.8, 4) is 45.3 Å². The number of methoxy groups -OCH3 is 6. The number of aromatic nitrogens is 1. The number of nitrogens with zero attached hydrogens (tertiary/aromatic N) is 1. The molecule has 0 aliphatic carbocycles. The van der Waals surface area contributed by atoms with Gasteiger partial charge in [-0.3, -0.25) is 0 Å². The number of pyridine rings is 1. The molecule has 4 aromatic rings. The van der Waals surface area contributed by atoms with E-state index in [0.29, 0.717) is 39.6 Å². The number of carbonyl (C=O) groups excluding carboxylic acids is 2. The summed E-state index contributed by atoms with van der Waals surface area (Å²) in [6.07, 6.45) is 1.56. The lowest BCUT2D eigenvalue weighted by atomic mass is 9.94. The van der Waals surface area contributed by atoms with E-state index in [2.05, 4.69) is 0 Å². The maximum Gasteiger partial charge on any atom is 0.355 e. The number of hydrogen-bond donors (Lipinski definition) is 0. The lowest BCUT2D eigenvalue weighted by Crippen LogP contribution is -2.09. The smallest absolute Gasteiger partial charge is 0.355 e. The molecule has 9 nitrogen and oxygen atoms in total. The van der Waals surface area contributed by atoms with Gasteiger partial charge in [-0.15, -0.1) is 0 Å². The van der Waals surface area contributed by atoms with Gasteiger partial charge in [0.15, 0.2) is 11.5 Å². The molecule has 0 aliphatic rings. The maximum atomic E-state index is 13.3. The van der Waals surface area contributed by atoms with Crippen LogP contribution in [0.2, 0.25) is 0 Å². The van der Waals surface area contributed by atoms with Gasteiger partial charge in [-0.05, 0) is 47.5 Å². The molecule has 192 valence electrons. The number of fused-ring (bicyclic) bond motifs is 1. The van der Waals surface area contributed by atoms with E-state index < -0.39 is 11.9 Å². The lowest BCUT2D eigenvalue weighted by Gasteiger charge is -2.15. The van der Waals surface area contributed by atoms with Crippen LogP contribution in [-0.2, 0) is 9.47 Å². The van der Waals surface area contributed by atoms with Crippen LogP contribution in [0.15, 0.2) is 54.7 Å². The molecule has 9 heteroatoms. The summed E-state index contributed by atoms with van der Waals surface area (Å²) in [4.78, 5) is 25.6. The molecule has 2 aromatic heterocycles. The maximum absolute atomic E-state index is 13.3. The van der Waals surface area contributed by atoms with Crippen LogP contribution in [0, 0.1) is 0 Å². The number of benzene rings is 2. The second kappa shape index (κ2) is 10.5. The highest BCUT2D eigenvalue weighted by Gasteiger charge is 2.28. The van der Waals surface area contributed by atoms with Gasteiger partial charge >= 0.3 is 11.9 Å². The van der Waals surface area contributed by atoms with Crippen molar-refractivity contribution in [2.24, 2.45) is 0 Å². The largest absolute Gasteiger partial charge is 0.497 e.